The summed E-state index contributed by atoms with van der Waals surface area (Å²) in [6.45, 7) is 4.17. The Kier molecular flexibility index (Phi) is 7.12. The number of benzene rings is 2. The number of hydrogen-bond donors (Lipinski definition) is 2. The minimum absolute atomic E-state index is 0.122. The molecule has 0 aliphatic heterocycles. The first-order valence-corrected chi connectivity index (χ1v) is 10.6. The van der Waals surface area contributed by atoms with Crippen LogP contribution < -0.4 is 10.6 Å². The molecule has 3 aromatic rings. The first-order chi connectivity index (χ1) is 14.3. The van der Waals surface area contributed by atoms with Crippen molar-refractivity contribution in [1.82, 2.24) is 20.1 Å². The van der Waals surface area contributed by atoms with Gasteiger partial charge in [0.15, 0.2) is 11.0 Å². The van der Waals surface area contributed by atoms with Crippen molar-refractivity contribution in [1.29, 1.82) is 0 Å². The average Bonchev–Trinajstić information content (AvgIpc) is 3.06. The Balaban J connectivity index is 1.54. The van der Waals surface area contributed by atoms with Crippen LogP contribution in [0.15, 0.2) is 47.6 Å². The summed E-state index contributed by atoms with van der Waals surface area (Å²) in [4.78, 5) is 24.6. The molecule has 1 aromatic heterocycles. The Morgan fingerprint density at radius 1 is 1.13 bits per heavy atom. The molecular formula is C21H22ClN5O2S. The Hall–Kier alpha value is -2.84. The second-order valence-corrected chi connectivity index (χ2v) is 8.13. The van der Waals surface area contributed by atoms with Crippen LogP contribution in [0.2, 0.25) is 5.02 Å². The molecule has 2 amide bonds. The van der Waals surface area contributed by atoms with E-state index in [9.17, 15) is 9.59 Å². The molecule has 7 nitrogen and oxygen atoms in total. The van der Waals surface area contributed by atoms with Gasteiger partial charge in [-0.05, 0) is 37.6 Å². The number of nitrogens with zero attached hydrogens (tertiary/aromatic N) is 3. The molecule has 0 bridgehead atoms. The van der Waals surface area contributed by atoms with Gasteiger partial charge in [0, 0.05) is 12.7 Å². The van der Waals surface area contributed by atoms with E-state index in [2.05, 4.69) is 20.8 Å². The second-order valence-electron chi connectivity index (χ2n) is 6.78. The predicted molar refractivity (Wildman–Crippen MR) is 119 cm³/mol. The fraction of sp³-hybridized carbons (Fsp3) is 0.238. The van der Waals surface area contributed by atoms with E-state index in [4.69, 9.17) is 11.6 Å². The molecule has 0 saturated carbocycles. The highest BCUT2D eigenvalue weighted by Gasteiger charge is 2.14. The van der Waals surface area contributed by atoms with Crippen molar-refractivity contribution in [3.05, 3.63) is 70.0 Å². The Morgan fingerprint density at radius 3 is 2.63 bits per heavy atom. The molecule has 0 radical (unpaired) electrons. The van der Waals surface area contributed by atoms with Crippen LogP contribution in [-0.4, -0.2) is 32.3 Å². The van der Waals surface area contributed by atoms with Crippen molar-refractivity contribution in [2.75, 3.05) is 11.1 Å². The lowest BCUT2D eigenvalue weighted by molar-refractivity contribution is -0.113. The molecule has 2 aromatic carbocycles. The quantitative estimate of drug-likeness (QED) is 0.543. The van der Waals surface area contributed by atoms with E-state index in [1.807, 2.05) is 32.0 Å². The number of carbonyl (C=O) groups is 2. The number of carbonyl (C=O) groups excluding carboxylic acids is 2. The van der Waals surface area contributed by atoms with Crippen molar-refractivity contribution in [3.63, 3.8) is 0 Å². The molecule has 0 spiro atoms. The van der Waals surface area contributed by atoms with Crippen LogP contribution in [0.25, 0.3) is 0 Å². The Bertz CT molecular complexity index is 1080. The molecule has 0 aliphatic rings. The van der Waals surface area contributed by atoms with Crippen molar-refractivity contribution >= 4 is 40.9 Å². The van der Waals surface area contributed by atoms with Crippen molar-refractivity contribution in [2.45, 2.75) is 25.5 Å². The van der Waals surface area contributed by atoms with Crippen molar-refractivity contribution < 1.29 is 9.59 Å². The lowest BCUT2D eigenvalue weighted by atomic mass is 10.1. The number of rotatable bonds is 7. The van der Waals surface area contributed by atoms with E-state index < -0.39 is 0 Å². The molecule has 0 fully saturated rings. The van der Waals surface area contributed by atoms with E-state index in [0.717, 1.165) is 16.8 Å². The highest BCUT2D eigenvalue weighted by Crippen LogP contribution is 2.19. The molecule has 1 heterocycles. The summed E-state index contributed by atoms with van der Waals surface area (Å²) < 4.78 is 1.75. The number of hydrogen-bond acceptors (Lipinski definition) is 5. The standard InChI is InChI=1S/C21H22ClN5O2S/c1-13-8-9-17(14(2)10-13)24-19(28)12-30-21-26-25-18(27(21)3)11-23-20(29)15-6-4-5-7-16(15)22/h4-10H,11-12H2,1-3H3,(H,23,29)(H,24,28). The van der Waals surface area contributed by atoms with Gasteiger partial charge in [-0.25, -0.2) is 0 Å². The fourth-order valence-electron chi connectivity index (χ4n) is 2.79. The van der Waals surface area contributed by atoms with Gasteiger partial charge in [-0.15, -0.1) is 10.2 Å². The average molecular weight is 444 g/mol. The molecule has 2 N–H and O–H groups in total. The van der Waals surface area contributed by atoms with Gasteiger partial charge in [0.1, 0.15) is 0 Å². The number of aromatic nitrogens is 3. The zero-order valence-electron chi connectivity index (χ0n) is 16.9. The van der Waals surface area contributed by atoms with E-state index >= 15 is 0 Å². The first kappa shape index (κ1) is 21.9. The largest absolute Gasteiger partial charge is 0.345 e. The third-order valence-corrected chi connectivity index (χ3v) is 5.79. The fourth-order valence-corrected chi connectivity index (χ4v) is 3.75. The molecule has 3 rings (SSSR count). The van der Waals surface area contributed by atoms with Crippen molar-refractivity contribution in [2.24, 2.45) is 7.05 Å². The lowest BCUT2D eigenvalue weighted by Crippen LogP contribution is -2.24. The molecule has 30 heavy (non-hydrogen) atoms. The molecule has 0 unspecified atom stereocenters. The number of anilines is 1. The van der Waals surface area contributed by atoms with Crippen LogP contribution in [0.4, 0.5) is 5.69 Å². The zero-order chi connectivity index (χ0) is 21.7. The summed E-state index contributed by atoms with van der Waals surface area (Å²) in [7, 11) is 1.79. The van der Waals surface area contributed by atoms with Gasteiger partial charge in [-0.3, -0.25) is 9.59 Å². The van der Waals surface area contributed by atoms with Crippen LogP contribution >= 0.6 is 23.4 Å². The van der Waals surface area contributed by atoms with Gasteiger partial charge in [0.2, 0.25) is 5.91 Å². The third kappa shape index (κ3) is 5.40. The van der Waals surface area contributed by atoms with E-state index in [-0.39, 0.29) is 24.1 Å². The van der Waals surface area contributed by atoms with Crippen LogP contribution in [0.3, 0.4) is 0 Å². The number of nitrogens with one attached hydrogen (secondary N) is 2. The molecular weight excluding hydrogens is 422 g/mol. The molecule has 156 valence electrons. The number of aryl methyl sites for hydroxylation is 2. The predicted octanol–water partition coefficient (Wildman–Crippen LogP) is 3.75. The summed E-state index contributed by atoms with van der Waals surface area (Å²) in [5.41, 5.74) is 3.36. The number of amides is 2. The van der Waals surface area contributed by atoms with Gasteiger partial charge in [0.25, 0.3) is 5.91 Å². The van der Waals surface area contributed by atoms with Crippen LogP contribution in [-0.2, 0) is 18.4 Å². The summed E-state index contributed by atoms with van der Waals surface area (Å²) in [6, 6.07) is 12.7. The summed E-state index contributed by atoms with van der Waals surface area (Å²) >= 11 is 7.33. The Morgan fingerprint density at radius 2 is 1.90 bits per heavy atom. The smallest absolute Gasteiger partial charge is 0.253 e. The van der Waals surface area contributed by atoms with Gasteiger partial charge in [-0.1, -0.05) is 53.2 Å². The lowest BCUT2D eigenvalue weighted by Gasteiger charge is -2.09. The van der Waals surface area contributed by atoms with Gasteiger partial charge >= 0.3 is 0 Å². The van der Waals surface area contributed by atoms with Gasteiger partial charge in [-0.2, -0.15) is 0 Å². The van der Waals surface area contributed by atoms with Crippen LogP contribution in [0, 0.1) is 13.8 Å². The molecule has 0 atom stereocenters. The van der Waals surface area contributed by atoms with Crippen LogP contribution in [0.5, 0.6) is 0 Å². The maximum atomic E-state index is 12.3. The van der Waals surface area contributed by atoms with Gasteiger partial charge < -0.3 is 15.2 Å². The van der Waals surface area contributed by atoms with E-state index in [1.54, 1.807) is 35.9 Å². The highest BCUT2D eigenvalue weighted by atomic mass is 35.5. The Labute approximate surface area is 184 Å². The molecule has 0 saturated heterocycles. The zero-order valence-corrected chi connectivity index (χ0v) is 18.5. The summed E-state index contributed by atoms with van der Waals surface area (Å²) in [6.07, 6.45) is 0. The normalized spacial score (nSPS) is 10.7. The SMILES string of the molecule is Cc1ccc(NC(=O)CSc2nnc(CNC(=O)c3ccccc3Cl)n2C)c(C)c1. The number of thioether (sulfide) groups is 1. The number of halogens is 1. The molecule has 0 aliphatic carbocycles. The first-order valence-electron chi connectivity index (χ1n) is 9.26. The van der Waals surface area contributed by atoms with Crippen LogP contribution in [0.1, 0.15) is 27.3 Å². The maximum absolute atomic E-state index is 12.3. The minimum atomic E-state index is -0.286. The van der Waals surface area contributed by atoms with E-state index in [1.165, 1.54) is 11.8 Å². The monoisotopic (exact) mass is 443 g/mol. The highest BCUT2D eigenvalue weighted by molar-refractivity contribution is 7.99. The van der Waals surface area contributed by atoms with Crippen molar-refractivity contribution in [3.8, 4) is 0 Å². The van der Waals surface area contributed by atoms with E-state index in [0.29, 0.717) is 21.6 Å². The third-order valence-electron chi connectivity index (χ3n) is 4.44. The van der Waals surface area contributed by atoms with Gasteiger partial charge in [0.05, 0.1) is 22.9 Å². The maximum Gasteiger partial charge on any atom is 0.253 e. The second kappa shape index (κ2) is 9.77. The summed E-state index contributed by atoms with van der Waals surface area (Å²) in [5, 5.41) is 14.9. The summed E-state index contributed by atoms with van der Waals surface area (Å²) in [5.74, 6) is 0.368. The molecule has 9 heteroatoms. The minimum Gasteiger partial charge on any atom is -0.345 e. The topological polar surface area (TPSA) is 88.9 Å².